The lowest BCUT2D eigenvalue weighted by atomic mass is 9.71. The van der Waals surface area contributed by atoms with Crippen molar-refractivity contribution in [2.45, 2.75) is 49.4 Å². The number of carbonyl (C=O) groups excluding carboxylic acids is 2. The predicted octanol–water partition coefficient (Wildman–Crippen LogP) is 4.01. The van der Waals surface area contributed by atoms with Crippen LogP contribution >= 0.6 is 0 Å². The molecule has 2 aromatic rings. The molecule has 0 spiro atoms. The number of amides is 2. The van der Waals surface area contributed by atoms with E-state index in [1.54, 1.807) is 7.05 Å². The second kappa shape index (κ2) is 9.92. The van der Waals surface area contributed by atoms with E-state index in [4.69, 9.17) is 0 Å². The summed E-state index contributed by atoms with van der Waals surface area (Å²) in [6.07, 6.45) is 5.38. The highest BCUT2D eigenvalue weighted by Crippen LogP contribution is 2.55. The summed E-state index contributed by atoms with van der Waals surface area (Å²) < 4.78 is 27.6. The minimum absolute atomic E-state index is 0.0179. The molecule has 2 amide bonds. The first-order chi connectivity index (χ1) is 17.4. The molecule has 192 valence electrons. The predicted molar refractivity (Wildman–Crippen MR) is 134 cm³/mol. The smallest absolute Gasteiger partial charge is 0.233 e. The van der Waals surface area contributed by atoms with Crippen molar-refractivity contribution in [3.63, 3.8) is 0 Å². The van der Waals surface area contributed by atoms with Gasteiger partial charge in [-0.05, 0) is 80.8 Å². The normalized spacial score (nSPS) is 25.9. The van der Waals surface area contributed by atoms with Crippen molar-refractivity contribution in [1.29, 1.82) is 0 Å². The highest BCUT2D eigenvalue weighted by atomic mass is 19.2. The van der Waals surface area contributed by atoms with Gasteiger partial charge in [0.05, 0.1) is 10.8 Å². The van der Waals surface area contributed by atoms with E-state index in [0.717, 1.165) is 63.5 Å². The minimum Gasteiger partial charge on any atom is -0.358 e. The average molecular weight is 496 g/mol. The monoisotopic (exact) mass is 495 g/mol. The number of hydrogen-bond donors (Lipinski definition) is 1. The van der Waals surface area contributed by atoms with E-state index >= 15 is 0 Å². The van der Waals surface area contributed by atoms with E-state index in [9.17, 15) is 18.4 Å². The number of nitrogens with one attached hydrogen (secondary N) is 1. The molecule has 2 saturated heterocycles. The molecule has 3 aliphatic rings. The SMILES string of the molecule is CNC(=O)C1(c2ccc(F)c(F)c2)CC1CN1CCC(C(=O)N2CCCCC2)(c2ccccc2)CC1. The van der Waals surface area contributed by atoms with Gasteiger partial charge >= 0.3 is 0 Å². The van der Waals surface area contributed by atoms with E-state index in [1.807, 2.05) is 18.2 Å². The Kier molecular flexibility index (Phi) is 6.86. The van der Waals surface area contributed by atoms with Crippen LogP contribution in [0.15, 0.2) is 48.5 Å². The Morgan fingerprint density at radius 1 is 0.917 bits per heavy atom. The molecule has 1 N–H and O–H groups in total. The summed E-state index contributed by atoms with van der Waals surface area (Å²) in [6, 6.07) is 14.0. The highest BCUT2D eigenvalue weighted by Gasteiger charge is 2.61. The summed E-state index contributed by atoms with van der Waals surface area (Å²) in [5, 5.41) is 2.73. The fourth-order valence-corrected chi connectivity index (χ4v) is 6.52. The fraction of sp³-hybridized carbons (Fsp3) is 0.517. The second-order valence-electron chi connectivity index (χ2n) is 10.7. The Morgan fingerprint density at radius 3 is 2.25 bits per heavy atom. The van der Waals surface area contributed by atoms with E-state index in [2.05, 4.69) is 27.2 Å². The van der Waals surface area contributed by atoms with Crippen LogP contribution in [0.25, 0.3) is 0 Å². The molecular weight excluding hydrogens is 460 g/mol. The Hall–Kier alpha value is -2.80. The summed E-state index contributed by atoms with van der Waals surface area (Å²) in [5.41, 5.74) is 0.270. The average Bonchev–Trinajstić information content (AvgIpc) is 3.65. The summed E-state index contributed by atoms with van der Waals surface area (Å²) in [4.78, 5) is 31.2. The van der Waals surface area contributed by atoms with Crippen LogP contribution in [0.2, 0.25) is 0 Å². The molecule has 2 aromatic carbocycles. The van der Waals surface area contributed by atoms with Crippen molar-refractivity contribution in [2.24, 2.45) is 5.92 Å². The van der Waals surface area contributed by atoms with Crippen LogP contribution in [0, 0.1) is 17.6 Å². The largest absolute Gasteiger partial charge is 0.358 e. The number of benzene rings is 2. The lowest BCUT2D eigenvalue weighted by Gasteiger charge is -2.44. The molecule has 3 fully saturated rings. The zero-order valence-corrected chi connectivity index (χ0v) is 20.9. The Bertz CT molecular complexity index is 1110. The Balaban J connectivity index is 1.32. The number of likely N-dealkylation sites (N-methyl/N-ethyl adjacent to an activating group) is 1. The molecule has 5 rings (SSSR count). The van der Waals surface area contributed by atoms with Gasteiger partial charge in [0.1, 0.15) is 0 Å². The number of carbonyl (C=O) groups is 2. The van der Waals surface area contributed by atoms with Crippen molar-refractivity contribution >= 4 is 11.8 Å². The van der Waals surface area contributed by atoms with Gasteiger partial charge in [-0.1, -0.05) is 36.4 Å². The van der Waals surface area contributed by atoms with Gasteiger partial charge in [-0.3, -0.25) is 9.59 Å². The van der Waals surface area contributed by atoms with Crippen molar-refractivity contribution in [3.05, 3.63) is 71.3 Å². The zero-order valence-electron chi connectivity index (χ0n) is 20.9. The lowest BCUT2D eigenvalue weighted by molar-refractivity contribution is -0.140. The van der Waals surface area contributed by atoms with Crippen LogP contribution in [0.3, 0.4) is 0 Å². The summed E-state index contributed by atoms with van der Waals surface area (Å²) in [5.74, 6) is -1.72. The quantitative estimate of drug-likeness (QED) is 0.659. The van der Waals surface area contributed by atoms with Gasteiger partial charge in [0.15, 0.2) is 11.6 Å². The van der Waals surface area contributed by atoms with Gasteiger partial charge < -0.3 is 15.1 Å². The fourth-order valence-electron chi connectivity index (χ4n) is 6.52. The van der Waals surface area contributed by atoms with Gasteiger partial charge in [-0.15, -0.1) is 0 Å². The number of rotatable bonds is 6. The first-order valence-corrected chi connectivity index (χ1v) is 13.2. The molecule has 2 unspecified atom stereocenters. The summed E-state index contributed by atoms with van der Waals surface area (Å²) in [7, 11) is 1.58. The molecule has 0 bridgehead atoms. The molecule has 2 atom stereocenters. The molecule has 2 heterocycles. The first-order valence-electron chi connectivity index (χ1n) is 13.2. The molecule has 5 nitrogen and oxygen atoms in total. The molecule has 0 aromatic heterocycles. The Labute approximate surface area is 211 Å². The van der Waals surface area contributed by atoms with Crippen LogP contribution in [-0.2, 0) is 20.4 Å². The number of halogens is 2. The van der Waals surface area contributed by atoms with Crippen LogP contribution in [-0.4, -0.2) is 61.4 Å². The maximum Gasteiger partial charge on any atom is 0.233 e. The second-order valence-corrected chi connectivity index (χ2v) is 10.7. The zero-order chi connectivity index (χ0) is 25.3. The topological polar surface area (TPSA) is 52.7 Å². The minimum atomic E-state index is -0.928. The molecule has 1 saturated carbocycles. The maximum absolute atomic E-state index is 14.0. The van der Waals surface area contributed by atoms with Crippen LogP contribution in [0.1, 0.15) is 49.7 Å². The van der Waals surface area contributed by atoms with Crippen molar-refractivity contribution in [3.8, 4) is 0 Å². The summed E-state index contributed by atoms with van der Waals surface area (Å²) in [6.45, 7) is 3.87. The number of piperidine rings is 2. The van der Waals surface area contributed by atoms with Gasteiger partial charge in [0.2, 0.25) is 11.8 Å². The third-order valence-corrected chi connectivity index (χ3v) is 8.74. The highest BCUT2D eigenvalue weighted by molar-refractivity contribution is 5.92. The Morgan fingerprint density at radius 2 is 1.61 bits per heavy atom. The van der Waals surface area contributed by atoms with Crippen molar-refractivity contribution < 1.29 is 18.4 Å². The number of nitrogens with zero attached hydrogens (tertiary/aromatic N) is 2. The molecule has 7 heteroatoms. The number of hydrogen-bond acceptors (Lipinski definition) is 3. The van der Waals surface area contributed by atoms with E-state index in [1.165, 1.54) is 18.6 Å². The third-order valence-electron chi connectivity index (χ3n) is 8.74. The van der Waals surface area contributed by atoms with Gasteiger partial charge in [-0.2, -0.15) is 0 Å². The lowest BCUT2D eigenvalue weighted by Crippen LogP contribution is -2.54. The maximum atomic E-state index is 14.0. The van der Waals surface area contributed by atoms with E-state index in [-0.39, 0.29) is 17.7 Å². The van der Waals surface area contributed by atoms with Gasteiger partial charge in [0, 0.05) is 26.7 Å². The van der Waals surface area contributed by atoms with Gasteiger partial charge in [-0.25, -0.2) is 8.78 Å². The van der Waals surface area contributed by atoms with Crippen LogP contribution in [0.4, 0.5) is 8.78 Å². The molecule has 2 aliphatic heterocycles. The molecule has 0 radical (unpaired) electrons. The molecule has 36 heavy (non-hydrogen) atoms. The van der Waals surface area contributed by atoms with Gasteiger partial charge in [0.25, 0.3) is 0 Å². The van der Waals surface area contributed by atoms with Crippen molar-refractivity contribution in [1.82, 2.24) is 15.1 Å². The number of likely N-dealkylation sites (tertiary alicyclic amines) is 2. The third kappa shape index (κ3) is 4.32. The summed E-state index contributed by atoms with van der Waals surface area (Å²) >= 11 is 0. The van der Waals surface area contributed by atoms with Crippen molar-refractivity contribution in [2.75, 3.05) is 39.8 Å². The standard InChI is InChI=1S/C29H35F2N3O2/c1-32-26(35)29(22-10-11-24(30)25(31)18-22)19-23(29)20-33-16-12-28(13-17-33,21-8-4-2-5-9-21)27(36)34-14-6-3-7-15-34/h2,4-5,8-11,18,23H,3,6-7,12-17,19-20H2,1H3,(H,32,35). The van der Waals surface area contributed by atoms with Crippen LogP contribution in [0.5, 0.6) is 0 Å². The molecular formula is C29H35F2N3O2. The first kappa shape index (κ1) is 24.9. The molecule has 1 aliphatic carbocycles. The van der Waals surface area contributed by atoms with E-state index < -0.39 is 22.5 Å². The van der Waals surface area contributed by atoms with E-state index in [0.29, 0.717) is 18.5 Å². The van der Waals surface area contributed by atoms with Crippen LogP contribution < -0.4 is 5.32 Å².